The summed E-state index contributed by atoms with van der Waals surface area (Å²) in [6.07, 6.45) is -0.829. The third-order valence-electron chi connectivity index (χ3n) is 9.58. The monoisotopic (exact) mass is 599 g/mol. The molecule has 1 amide bonds. The number of amides is 1. The number of hydrogen-bond acceptors (Lipinski definition) is 4. The number of aliphatic carboxylic acids is 1. The summed E-state index contributed by atoms with van der Waals surface area (Å²) in [5.41, 5.74) is 3.20. The molecule has 2 fully saturated rings. The smallest absolute Gasteiger partial charge is 0.416 e. The largest absolute Gasteiger partial charge is 0.496 e. The average Bonchev–Trinajstić information content (AvgIpc) is 3.17. The van der Waals surface area contributed by atoms with Crippen LogP contribution < -0.4 is 4.74 Å². The van der Waals surface area contributed by atoms with Crippen molar-refractivity contribution in [2.24, 2.45) is 10.8 Å². The molecule has 2 atom stereocenters. The van der Waals surface area contributed by atoms with Crippen LogP contribution in [-0.4, -0.2) is 41.8 Å². The molecule has 1 saturated heterocycles. The van der Waals surface area contributed by atoms with Crippen molar-refractivity contribution >= 4 is 17.6 Å². The summed E-state index contributed by atoms with van der Waals surface area (Å²) in [6.45, 7) is 8.06. The lowest BCUT2D eigenvalue weighted by atomic mass is 9.65. The number of carboxylic acid groups (broad SMARTS) is 1. The fourth-order valence-corrected chi connectivity index (χ4v) is 6.96. The van der Waals surface area contributed by atoms with Crippen LogP contribution in [0, 0.1) is 17.8 Å². The minimum Gasteiger partial charge on any atom is -0.496 e. The molecular weight excluding hydrogens is 559 g/mol. The van der Waals surface area contributed by atoms with E-state index in [2.05, 4.69) is 13.8 Å². The molecule has 0 aromatic heterocycles. The fraction of sp³-hybridized carbons (Fsp3) is 0.529. The predicted molar refractivity (Wildman–Crippen MR) is 157 cm³/mol. The number of ether oxygens (including phenoxy) is 2. The third kappa shape index (κ3) is 6.13. The lowest BCUT2D eigenvalue weighted by Crippen LogP contribution is -2.39. The van der Waals surface area contributed by atoms with Crippen molar-refractivity contribution in [1.29, 1.82) is 0 Å². The van der Waals surface area contributed by atoms with Gasteiger partial charge in [0.15, 0.2) is 0 Å². The number of rotatable bonds is 8. The normalized spacial score (nSPS) is 23.2. The molecule has 1 N–H and O–H groups in total. The minimum absolute atomic E-state index is 0.0204. The summed E-state index contributed by atoms with van der Waals surface area (Å²) in [5, 5.41) is 9.91. The molecule has 232 valence electrons. The molecule has 1 aliphatic heterocycles. The van der Waals surface area contributed by atoms with Crippen LogP contribution >= 0.6 is 0 Å². The number of aryl methyl sites for hydroxylation is 1. The number of allylic oxidation sites excluding steroid dienone is 1. The van der Waals surface area contributed by atoms with E-state index >= 15 is 0 Å². The number of halogens is 3. The second-order valence-electron chi connectivity index (χ2n) is 13.4. The van der Waals surface area contributed by atoms with Gasteiger partial charge in [0, 0.05) is 12.1 Å². The van der Waals surface area contributed by atoms with E-state index in [9.17, 15) is 27.9 Å². The van der Waals surface area contributed by atoms with Gasteiger partial charge < -0.3 is 14.6 Å². The molecule has 2 aromatic rings. The van der Waals surface area contributed by atoms with Crippen LogP contribution in [0.1, 0.15) is 93.2 Å². The van der Waals surface area contributed by atoms with Crippen molar-refractivity contribution in [3.8, 4) is 5.75 Å². The molecule has 3 aliphatic rings. The molecule has 2 aliphatic carbocycles. The molecule has 6 nitrogen and oxygen atoms in total. The van der Waals surface area contributed by atoms with Gasteiger partial charge in [0.2, 0.25) is 0 Å². The number of nitrogens with zero attached hydrogens (tertiary/aromatic N) is 1. The number of benzene rings is 2. The van der Waals surface area contributed by atoms with E-state index in [4.69, 9.17) is 9.47 Å². The highest BCUT2D eigenvalue weighted by atomic mass is 19.4. The molecular formula is C34H40F3NO5. The lowest BCUT2D eigenvalue weighted by molar-refractivity contribution is -0.154. The van der Waals surface area contributed by atoms with Crippen LogP contribution in [0.2, 0.25) is 0 Å². The van der Waals surface area contributed by atoms with E-state index in [1.807, 2.05) is 25.1 Å². The Kier molecular flexibility index (Phi) is 8.07. The second-order valence-corrected chi connectivity index (χ2v) is 13.4. The number of carbonyl (C=O) groups is 2. The molecule has 0 unspecified atom stereocenters. The molecule has 1 saturated carbocycles. The van der Waals surface area contributed by atoms with E-state index < -0.39 is 41.4 Å². The van der Waals surface area contributed by atoms with E-state index in [0.29, 0.717) is 36.1 Å². The number of methoxy groups -OCH3 is 1. The molecule has 43 heavy (non-hydrogen) atoms. The first-order valence-corrected chi connectivity index (χ1v) is 14.9. The summed E-state index contributed by atoms with van der Waals surface area (Å²) in [6, 6.07) is 9.17. The quantitative estimate of drug-likeness (QED) is 0.330. The predicted octanol–water partition coefficient (Wildman–Crippen LogP) is 8.37. The van der Waals surface area contributed by atoms with E-state index in [1.54, 1.807) is 25.0 Å². The van der Waals surface area contributed by atoms with Crippen LogP contribution in [0.15, 0.2) is 42.0 Å². The Hall–Kier alpha value is -3.49. The Morgan fingerprint density at radius 1 is 1.14 bits per heavy atom. The number of cyclic esters (lactones) is 1. The highest BCUT2D eigenvalue weighted by Crippen LogP contribution is 2.48. The fourth-order valence-electron chi connectivity index (χ4n) is 6.96. The van der Waals surface area contributed by atoms with Gasteiger partial charge in [-0.15, -0.1) is 0 Å². The minimum atomic E-state index is -4.50. The molecule has 2 aromatic carbocycles. The first-order chi connectivity index (χ1) is 20.1. The highest BCUT2D eigenvalue weighted by Gasteiger charge is 2.45. The maximum absolute atomic E-state index is 13.6. The lowest BCUT2D eigenvalue weighted by Gasteiger charge is -2.38. The molecule has 5 rings (SSSR count). The first kappa shape index (κ1) is 31.0. The standard InChI is InChI=1S/C34H40F3NO5/c1-20-13-23(16-25(14-20)34(35,36)37)29-21(2)38(31(41)43-29)19-24-18-32(3,4)12-9-26(24)27-15-22(7-8-28(27)42-5)17-33(30(39)40)10-6-11-33/h7-8,13-16,21,29H,6,9-12,17-19H2,1-5H3,(H,39,40)/t21-,29-/m0/s1. The Morgan fingerprint density at radius 3 is 2.47 bits per heavy atom. The van der Waals surface area contributed by atoms with Crippen LogP contribution in [0.4, 0.5) is 18.0 Å². The highest BCUT2D eigenvalue weighted by molar-refractivity contribution is 5.78. The second kappa shape index (κ2) is 11.2. The summed E-state index contributed by atoms with van der Waals surface area (Å²) in [4.78, 5) is 26.9. The summed E-state index contributed by atoms with van der Waals surface area (Å²) in [5.74, 6) is -0.0780. The van der Waals surface area contributed by atoms with Gasteiger partial charge in [0.25, 0.3) is 0 Å². The van der Waals surface area contributed by atoms with Crippen LogP contribution in [0.5, 0.6) is 5.75 Å². The molecule has 0 radical (unpaired) electrons. The maximum atomic E-state index is 13.6. The van der Waals surface area contributed by atoms with Gasteiger partial charge in [-0.25, -0.2) is 4.79 Å². The van der Waals surface area contributed by atoms with Crippen molar-refractivity contribution in [2.45, 2.75) is 91.0 Å². The van der Waals surface area contributed by atoms with Gasteiger partial charge in [-0.3, -0.25) is 9.69 Å². The van der Waals surface area contributed by atoms with Gasteiger partial charge in [-0.2, -0.15) is 13.2 Å². The van der Waals surface area contributed by atoms with E-state index in [0.717, 1.165) is 60.1 Å². The summed E-state index contributed by atoms with van der Waals surface area (Å²) >= 11 is 0. The number of carbonyl (C=O) groups excluding carboxylic acids is 1. The number of hydrogen-bond donors (Lipinski definition) is 1. The van der Waals surface area contributed by atoms with Crippen LogP contribution in [0.25, 0.3) is 5.57 Å². The van der Waals surface area contributed by atoms with Crippen molar-refractivity contribution in [3.05, 3.63) is 69.8 Å². The number of carboxylic acids is 1. The maximum Gasteiger partial charge on any atom is 0.416 e. The summed E-state index contributed by atoms with van der Waals surface area (Å²) in [7, 11) is 1.61. The van der Waals surface area contributed by atoms with Gasteiger partial charge in [0.05, 0.1) is 24.1 Å². The van der Waals surface area contributed by atoms with Gasteiger partial charge in [0.1, 0.15) is 11.9 Å². The molecule has 9 heteroatoms. The third-order valence-corrected chi connectivity index (χ3v) is 9.58. The van der Waals surface area contributed by atoms with Gasteiger partial charge >= 0.3 is 18.2 Å². The Labute approximate surface area is 250 Å². The Balaban J connectivity index is 1.49. The topological polar surface area (TPSA) is 76.1 Å². The molecule has 0 bridgehead atoms. The van der Waals surface area contributed by atoms with Crippen molar-refractivity contribution in [3.63, 3.8) is 0 Å². The number of alkyl halides is 3. The first-order valence-electron chi connectivity index (χ1n) is 14.9. The zero-order valence-corrected chi connectivity index (χ0v) is 25.4. The Morgan fingerprint density at radius 2 is 1.86 bits per heavy atom. The molecule has 0 spiro atoms. The zero-order valence-electron chi connectivity index (χ0n) is 25.4. The van der Waals surface area contributed by atoms with Crippen molar-refractivity contribution in [1.82, 2.24) is 4.90 Å². The molecule has 1 heterocycles. The van der Waals surface area contributed by atoms with Gasteiger partial charge in [-0.1, -0.05) is 38.0 Å². The van der Waals surface area contributed by atoms with E-state index in [1.165, 1.54) is 0 Å². The zero-order chi connectivity index (χ0) is 31.3. The van der Waals surface area contributed by atoms with E-state index in [-0.39, 0.29) is 12.0 Å². The summed E-state index contributed by atoms with van der Waals surface area (Å²) < 4.78 is 52.1. The average molecular weight is 600 g/mol. The van der Waals surface area contributed by atoms with Crippen LogP contribution in [0.3, 0.4) is 0 Å². The van der Waals surface area contributed by atoms with Crippen molar-refractivity contribution in [2.75, 3.05) is 13.7 Å². The van der Waals surface area contributed by atoms with Crippen molar-refractivity contribution < 1.29 is 37.3 Å². The SMILES string of the molecule is COc1ccc(CC2(C(=O)O)CCC2)cc1C1=C(CN2C(=O)O[C@H](c3cc(C)cc(C(F)(F)F)c3)[C@@H]2C)CC(C)(C)CC1. The van der Waals surface area contributed by atoms with Gasteiger partial charge in [-0.05, 0) is 104 Å². The van der Waals surface area contributed by atoms with Crippen LogP contribution in [-0.2, 0) is 22.1 Å². The Bertz CT molecular complexity index is 1460.